The first-order chi connectivity index (χ1) is 11.3. The highest BCUT2D eigenvalue weighted by molar-refractivity contribution is 6.23. The average molecular weight is 330 g/mol. The van der Waals surface area contributed by atoms with Gasteiger partial charge in [-0.05, 0) is 19.1 Å². The number of benzene rings is 1. The number of aliphatic hydroxyl groups is 1. The van der Waals surface area contributed by atoms with Gasteiger partial charge in [0.1, 0.15) is 5.60 Å². The first-order valence-corrected chi connectivity index (χ1v) is 7.47. The molecule has 0 radical (unpaired) electrons. The van der Waals surface area contributed by atoms with Gasteiger partial charge in [-0.25, -0.2) is 4.90 Å². The van der Waals surface area contributed by atoms with Crippen LogP contribution in [0.2, 0.25) is 0 Å². The third-order valence-corrected chi connectivity index (χ3v) is 5.12. The summed E-state index contributed by atoms with van der Waals surface area (Å²) >= 11 is 0. The maximum atomic E-state index is 12.9. The van der Waals surface area contributed by atoms with Crippen LogP contribution in [-0.4, -0.2) is 39.7 Å². The lowest BCUT2D eigenvalue weighted by molar-refractivity contribution is -0.384. The van der Waals surface area contributed by atoms with E-state index >= 15 is 0 Å². The molecule has 3 aliphatic rings. The zero-order chi connectivity index (χ0) is 17.3. The summed E-state index contributed by atoms with van der Waals surface area (Å²) < 4.78 is 5.82. The number of carbonyl (C=O) groups excluding carboxylic acids is 2. The maximum absolute atomic E-state index is 12.9. The number of imide groups is 1. The molecular weight excluding hydrogens is 316 g/mol. The van der Waals surface area contributed by atoms with E-state index in [0.717, 1.165) is 4.90 Å². The molecule has 1 aromatic carbocycles. The van der Waals surface area contributed by atoms with Gasteiger partial charge in [-0.2, -0.15) is 0 Å². The van der Waals surface area contributed by atoms with Gasteiger partial charge in [-0.3, -0.25) is 19.7 Å². The summed E-state index contributed by atoms with van der Waals surface area (Å²) in [4.78, 5) is 36.9. The quantitative estimate of drug-likeness (QED) is 0.380. The Labute approximate surface area is 136 Å². The van der Waals surface area contributed by atoms with Crippen molar-refractivity contribution in [1.82, 2.24) is 0 Å². The normalized spacial score (nSPS) is 36.5. The number of amides is 2. The predicted octanol–water partition coefficient (Wildman–Crippen LogP) is 0.790. The van der Waals surface area contributed by atoms with Gasteiger partial charge in [-0.15, -0.1) is 0 Å². The summed E-state index contributed by atoms with van der Waals surface area (Å²) in [5.74, 6) is -2.38. The Morgan fingerprint density at radius 2 is 1.83 bits per heavy atom. The summed E-state index contributed by atoms with van der Waals surface area (Å²) in [6.07, 6.45) is 3.37. The molecule has 4 atom stereocenters. The molecule has 8 heteroatoms. The largest absolute Gasteiger partial charge is 0.393 e. The van der Waals surface area contributed by atoms with Crippen LogP contribution in [0.5, 0.6) is 0 Å². The van der Waals surface area contributed by atoms with E-state index in [2.05, 4.69) is 0 Å². The molecule has 0 aromatic heterocycles. The number of anilines is 1. The Morgan fingerprint density at radius 1 is 1.21 bits per heavy atom. The van der Waals surface area contributed by atoms with Crippen LogP contribution in [0.25, 0.3) is 0 Å². The lowest BCUT2D eigenvalue weighted by atomic mass is 9.73. The van der Waals surface area contributed by atoms with Crippen LogP contribution < -0.4 is 4.90 Å². The summed E-state index contributed by atoms with van der Waals surface area (Å²) in [6, 6.07) is 5.24. The van der Waals surface area contributed by atoms with Crippen molar-refractivity contribution in [3.63, 3.8) is 0 Å². The maximum Gasteiger partial charge on any atom is 0.269 e. The number of fused-ring (bicyclic) bond motifs is 5. The predicted molar refractivity (Wildman–Crippen MR) is 81.0 cm³/mol. The van der Waals surface area contributed by atoms with E-state index in [1.54, 1.807) is 19.1 Å². The number of ether oxygens (including phenoxy) is 1. The van der Waals surface area contributed by atoms with Crippen LogP contribution in [0.3, 0.4) is 0 Å². The fraction of sp³-hybridized carbons (Fsp3) is 0.375. The van der Waals surface area contributed by atoms with Crippen LogP contribution in [0, 0.1) is 22.0 Å². The highest BCUT2D eigenvalue weighted by atomic mass is 16.6. The molecule has 1 aromatic rings. The van der Waals surface area contributed by atoms with Gasteiger partial charge in [0, 0.05) is 12.1 Å². The number of nitro benzene ring substituents is 1. The van der Waals surface area contributed by atoms with Gasteiger partial charge < -0.3 is 9.84 Å². The van der Waals surface area contributed by atoms with E-state index in [1.165, 1.54) is 24.3 Å². The fourth-order valence-electron chi connectivity index (χ4n) is 4.02. The second-order valence-electron chi connectivity index (χ2n) is 6.47. The molecule has 2 fully saturated rings. The van der Waals surface area contributed by atoms with Crippen molar-refractivity contribution in [3.05, 3.63) is 46.5 Å². The highest BCUT2D eigenvalue weighted by Gasteiger charge is 2.72. The van der Waals surface area contributed by atoms with Crippen molar-refractivity contribution in [2.45, 2.75) is 18.1 Å². The second kappa shape index (κ2) is 4.49. The molecule has 2 amide bonds. The number of carbonyl (C=O) groups is 2. The highest BCUT2D eigenvalue weighted by Crippen LogP contribution is 2.57. The van der Waals surface area contributed by atoms with Crippen LogP contribution >= 0.6 is 0 Å². The Kier molecular flexibility index (Phi) is 2.80. The van der Waals surface area contributed by atoms with E-state index in [4.69, 9.17) is 4.74 Å². The summed E-state index contributed by atoms with van der Waals surface area (Å²) in [5.41, 5.74) is -1.96. The monoisotopic (exact) mass is 330 g/mol. The average Bonchev–Trinajstić information content (AvgIpc) is 3.14. The molecule has 4 rings (SSSR count). The first-order valence-electron chi connectivity index (χ1n) is 7.47. The zero-order valence-corrected chi connectivity index (χ0v) is 12.7. The molecule has 3 heterocycles. The summed E-state index contributed by atoms with van der Waals surface area (Å²) in [7, 11) is 0. The van der Waals surface area contributed by atoms with Crippen molar-refractivity contribution in [3.8, 4) is 0 Å². The number of nitro groups is 1. The van der Waals surface area contributed by atoms with Crippen molar-refractivity contribution >= 4 is 23.2 Å². The first kappa shape index (κ1) is 15.0. The van der Waals surface area contributed by atoms with Crippen LogP contribution in [-0.2, 0) is 14.3 Å². The summed E-state index contributed by atoms with van der Waals surface area (Å²) in [6.45, 7) is 1.32. The number of rotatable bonds is 3. The molecule has 0 aliphatic carbocycles. The van der Waals surface area contributed by atoms with E-state index in [1.807, 2.05) is 0 Å². The van der Waals surface area contributed by atoms with Gasteiger partial charge >= 0.3 is 0 Å². The molecular formula is C16H14N2O6. The molecule has 0 saturated carbocycles. The fourth-order valence-corrected chi connectivity index (χ4v) is 4.02. The Morgan fingerprint density at radius 3 is 2.42 bits per heavy atom. The van der Waals surface area contributed by atoms with Crippen LogP contribution in [0.4, 0.5) is 11.4 Å². The van der Waals surface area contributed by atoms with Gasteiger partial charge in [-0.1, -0.05) is 12.2 Å². The van der Waals surface area contributed by atoms with Gasteiger partial charge in [0.25, 0.3) is 5.69 Å². The van der Waals surface area contributed by atoms with E-state index < -0.39 is 46.4 Å². The minimum atomic E-state index is -1.18. The van der Waals surface area contributed by atoms with Crippen molar-refractivity contribution in [1.29, 1.82) is 0 Å². The van der Waals surface area contributed by atoms with Gasteiger partial charge in [0.15, 0.2) is 0 Å². The van der Waals surface area contributed by atoms with E-state index in [-0.39, 0.29) is 11.4 Å². The van der Waals surface area contributed by atoms with E-state index in [0.29, 0.717) is 0 Å². The molecule has 1 N–H and O–H groups in total. The molecule has 8 nitrogen and oxygen atoms in total. The van der Waals surface area contributed by atoms with Crippen molar-refractivity contribution < 1.29 is 24.4 Å². The zero-order valence-electron chi connectivity index (χ0n) is 12.7. The lowest BCUT2D eigenvalue weighted by Gasteiger charge is -2.26. The molecule has 0 spiro atoms. The molecule has 124 valence electrons. The van der Waals surface area contributed by atoms with Gasteiger partial charge in [0.05, 0.1) is 34.7 Å². The molecule has 24 heavy (non-hydrogen) atoms. The van der Waals surface area contributed by atoms with E-state index in [9.17, 15) is 24.8 Å². The Bertz CT molecular complexity index is 803. The van der Waals surface area contributed by atoms with Gasteiger partial charge in [0.2, 0.25) is 11.8 Å². The number of non-ortho nitro benzene ring substituents is 1. The minimum Gasteiger partial charge on any atom is -0.393 e. The standard InChI is InChI=1S/C16H14N2O6/c1-15-6-7-16(8-19,24-15)12-11(15)13(20)17(14(12)21)9-2-4-10(5-3-9)18(22)23/h2-7,11-12,19H,8H2,1H3/t11-,12-,15+,16-/m1/s1. The Balaban J connectivity index is 1.75. The Hall–Kier alpha value is -2.58. The second-order valence-corrected chi connectivity index (χ2v) is 6.47. The van der Waals surface area contributed by atoms with Crippen LogP contribution in [0.15, 0.2) is 36.4 Å². The number of hydrogen-bond donors (Lipinski definition) is 1. The van der Waals surface area contributed by atoms with Crippen LogP contribution in [0.1, 0.15) is 6.92 Å². The third-order valence-electron chi connectivity index (χ3n) is 5.12. The lowest BCUT2D eigenvalue weighted by Crippen LogP contribution is -2.43. The summed E-state index contributed by atoms with van der Waals surface area (Å²) in [5, 5.41) is 20.5. The van der Waals surface area contributed by atoms with Crippen molar-refractivity contribution in [2.24, 2.45) is 11.8 Å². The molecule has 3 aliphatic heterocycles. The van der Waals surface area contributed by atoms with Crippen molar-refractivity contribution in [2.75, 3.05) is 11.5 Å². The number of aliphatic hydroxyl groups excluding tert-OH is 1. The molecule has 2 bridgehead atoms. The SMILES string of the molecule is C[C@@]12C=C[C@](CO)(O1)[C@H]1C(=O)N(c3ccc([N+](=O)[O-])cc3)C(=O)[C@@H]12. The molecule has 0 unspecified atom stereocenters. The topological polar surface area (TPSA) is 110 Å². The third kappa shape index (κ3) is 1.64. The minimum absolute atomic E-state index is 0.123. The molecule has 2 saturated heterocycles. The smallest absolute Gasteiger partial charge is 0.269 e. The number of nitrogens with zero attached hydrogens (tertiary/aromatic N) is 2. The number of hydrogen-bond acceptors (Lipinski definition) is 6.